The molecule has 0 atom stereocenters. The molecule has 0 saturated heterocycles. The number of halogens is 4. The molecule has 0 spiro atoms. The minimum absolute atomic E-state index is 0.251. The third-order valence-corrected chi connectivity index (χ3v) is 7.29. The maximum Gasteiger partial charge on any atom is 0.417 e. The number of benzene rings is 4. The first kappa shape index (κ1) is 28.5. The Morgan fingerprint density at radius 1 is 0.795 bits per heavy atom. The Bertz CT molecular complexity index is 1290. The number of alkyl halides is 3. The van der Waals surface area contributed by atoms with Crippen LogP contribution in [-0.4, -0.2) is 26.7 Å². The van der Waals surface area contributed by atoms with Gasteiger partial charge in [0.05, 0.1) is 17.2 Å². The number of anilines is 1. The van der Waals surface area contributed by atoms with Crippen LogP contribution in [0.3, 0.4) is 0 Å². The van der Waals surface area contributed by atoms with Gasteiger partial charge in [-0.2, -0.15) is 13.2 Å². The standard InChI is InChI=1S/C32H32ClF3N2O/c1-37-27-16-9-17-28(21-27)39-20-10-19-38-23-31(25-12-4-2-5-13-25,26-14-6-3-7-15-26)22-24-11-8-18-29(30(24)33)32(34,35)36/h2-9,11-18,21,37-38H,10,19-20,22-23H2,1H3. The van der Waals surface area contributed by atoms with Crippen LogP contribution in [0.2, 0.25) is 5.02 Å². The number of rotatable bonds is 12. The monoisotopic (exact) mass is 552 g/mol. The molecule has 3 nitrogen and oxygen atoms in total. The molecule has 4 rings (SSSR count). The molecule has 7 heteroatoms. The van der Waals surface area contributed by atoms with E-state index in [0.717, 1.165) is 35.1 Å². The maximum atomic E-state index is 13.7. The van der Waals surface area contributed by atoms with Gasteiger partial charge in [0.2, 0.25) is 0 Å². The molecule has 0 saturated carbocycles. The Balaban J connectivity index is 1.58. The molecule has 0 aliphatic heterocycles. The van der Waals surface area contributed by atoms with E-state index in [9.17, 15) is 13.2 Å². The van der Waals surface area contributed by atoms with Gasteiger partial charge in [0.15, 0.2) is 0 Å². The molecule has 0 amide bonds. The Kier molecular flexibility index (Phi) is 9.54. The van der Waals surface area contributed by atoms with E-state index in [0.29, 0.717) is 31.7 Å². The summed E-state index contributed by atoms with van der Waals surface area (Å²) < 4.78 is 46.9. The van der Waals surface area contributed by atoms with Crippen molar-refractivity contribution in [3.8, 4) is 5.75 Å². The quantitative estimate of drug-likeness (QED) is 0.175. The normalized spacial score (nSPS) is 11.8. The van der Waals surface area contributed by atoms with Crippen molar-refractivity contribution in [3.05, 3.63) is 130 Å². The van der Waals surface area contributed by atoms with Gasteiger partial charge < -0.3 is 15.4 Å². The number of hydrogen-bond acceptors (Lipinski definition) is 3. The van der Waals surface area contributed by atoms with Crippen molar-refractivity contribution in [1.82, 2.24) is 5.32 Å². The Morgan fingerprint density at radius 3 is 2.05 bits per heavy atom. The average molecular weight is 553 g/mol. The van der Waals surface area contributed by atoms with Crippen molar-refractivity contribution in [1.29, 1.82) is 0 Å². The van der Waals surface area contributed by atoms with Crippen LogP contribution in [0.4, 0.5) is 18.9 Å². The maximum absolute atomic E-state index is 13.7. The summed E-state index contributed by atoms with van der Waals surface area (Å²) in [7, 11) is 1.86. The van der Waals surface area contributed by atoms with E-state index in [-0.39, 0.29) is 5.02 Å². The fourth-order valence-corrected chi connectivity index (χ4v) is 5.14. The van der Waals surface area contributed by atoms with E-state index in [1.807, 2.05) is 92.0 Å². The second-order valence-electron chi connectivity index (χ2n) is 9.42. The number of nitrogens with one attached hydrogen (secondary N) is 2. The molecule has 0 unspecified atom stereocenters. The molecule has 0 radical (unpaired) electrons. The third kappa shape index (κ3) is 7.14. The highest BCUT2D eigenvalue weighted by Gasteiger charge is 2.38. The van der Waals surface area contributed by atoms with E-state index >= 15 is 0 Å². The summed E-state index contributed by atoms with van der Waals surface area (Å²) in [5, 5.41) is 6.40. The summed E-state index contributed by atoms with van der Waals surface area (Å²) in [4.78, 5) is 0. The van der Waals surface area contributed by atoms with Gasteiger partial charge in [0, 0.05) is 30.8 Å². The summed E-state index contributed by atoms with van der Waals surface area (Å²) in [5.74, 6) is 0.795. The van der Waals surface area contributed by atoms with E-state index in [4.69, 9.17) is 16.3 Å². The molecule has 0 fully saturated rings. The van der Waals surface area contributed by atoms with Gasteiger partial charge in [-0.25, -0.2) is 0 Å². The lowest BCUT2D eigenvalue weighted by atomic mass is 9.70. The first-order valence-corrected chi connectivity index (χ1v) is 13.3. The zero-order valence-corrected chi connectivity index (χ0v) is 22.5. The lowest BCUT2D eigenvalue weighted by molar-refractivity contribution is -0.137. The van der Waals surface area contributed by atoms with E-state index in [2.05, 4.69) is 10.6 Å². The van der Waals surface area contributed by atoms with Gasteiger partial charge in [-0.3, -0.25) is 0 Å². The molecule has 4 aromatic carbocycles. The highest BCUT2D eigenvalue weighted by molar-refractivity contribution is 6.32. The Hall–Kier alpha value is -3.48. The lowest BCUT2D eigenvalue weighted by Gasteiger charge is -2.36. The summed E-state index contributed by atoms with van der Waals surface area (Å²) in [6, 6.07) is 31.7. The zero-order valence-electron chi connectivity index (χ0n) is 21.8. The van der Waals surface area contributed by atoms with Gasteiger partial charge in [0.25, 0.3) is 0 Å². The van der Waals surface area contributed by atoms with Gasteiger partial charge in [-0.05, 0) is 54.3 Å². The number of hydrogen-bond donors (Lipinski definition) is 2. The molecule has 0 heterocycles. The SMILES string of the molecule is CNc1cccc(OCCCNCC(Cc2cccc(C(F)(F)F)c2Cl)(c2ccccc2)c2ccccc2)c1. The lowest BCUT2D eigenvalue weighted by Crippen LogP contribution is -2.42. The predicted octanol–water partition coefficient (Wildman–Crippen LogP) is 7.99. The summed E-state index contributed by atoms with van der Waals surface area (Å²) in [5.41, 5.74) is 1.96. The van der Waals surface area contributed by atoms with Crippen LogP contribution < -0.4 is 15.4 Å². The van der Waals surface area contributed by atoms with Crippen LogP contribution >= 0.6 is 11.6 Å². The third-order valence-electron chi connectivity index (χ3n) is 6.85. The smallest absolute Gasteiger partial charge is 0.417 e. The van der Waals surface area contributed by atoms with E-state index in [1.165, 1.54) is 6.07 Å². The van der Waals surface area contributed by atoms with Crippen LogP contribution in [0, 0.1) is 0 Å². The minimum atomic E-state index is -4.53. The highest BCUT2D eigenvalue weighted by atomic mass is 35.5. The van der Waals surface area contributed by atoms with E-state index in [1.54, 1.807) is 6.07 Å². The van der Waals surface area contributed by atoms with Crippen LogP contribution in [-0.2, 0) is 18.0 Å². The largest absolute Gasteiger partial charge is 0.493 e. The van der Waals surface area contributed by atoms with Crippen molar-refractivity contribution >= 4 is 17.3 Å². The molecular weight excluding hydrogens is 521 g/mol. The minimum Gasteiger partial charge on any atom is -0.493 e. The molecule has 4 aromatic rings. The summed E-state index contributed by atoms with van der Waals surface area (Å²) in [6.45, 7) is 1.70. The fraction of sp³-hybridized carbons (Fsp3) is 0.250. The molecular formula is C32H32ClF3N2O. The molecule has 204 valence electrons. The van der Waals surface area contributed by atoms with Crippen LogP contribution in [0.5, 0.6) is 5.75 Å². The van der Waals surface area contributed by atoms with Gasteiger partial charge in [-0.1, -0.05) is 90.5 Å². The molecule has 0 aromatic heterocycles. The molecule has 0 bridgehead atoms. The first-order chi connectivity index (χ1) is 18.8. The summed E-state index contributed by atoms with van der Waals surface area (Å²) >= 11 is 6.40. The topological polar surface area (TPSA) is 33.3 Å². The van der Waals surface area contributed by atoms with Crippen LogP contribution in [0.25, 0.3) is 0 Å². The zero-order chi connectivity index (χ0) is 27.7. The van der Waals surface area contributed by atoms with Gasteiger partial charge >= 0.3 is 6.18 Å². The second kappa shape index (κ2) is 13.0. The fourth-order valence-electron chi connectivity index (χ4n) is 4.84. The first-order valence-electron chi connectivity index (χ1n) is 12.9. The second-order valence-corrected chi connectivity index (χ2v) is 9.80. The van der Waals surface area contributed by atoms with Gasteiger partial charge in [0.1, 0.15) is 5.75 Å². The van der Waals surface area contributed by atoms with Crippen molar-refractivity contribution in [3.63, 3.8) is 0 Å². The Labute approximate surface area is 233 Å². The van der Waals surface area contributed by atoms with Crippen molar-refractivity contribution in [2.24, 2.45) is 0 Å². The predicted molar refractivity (Wildman–Crippen MR) is 153 cm³/mol. The van der Waals surface area contributed by atoms with E-state index < -0.39 is 17.2 Å². The molecule has 2 N–H and O–H groups in total. The number of ether oxygens (including phenoxy) is 1. The van der Waals surface area contributed by atoms with Crippen LogP contribution in [0.1, 0.15) is 28.7 Å². The van der Waals surface area contributed by atoms with Crippen molar-refractivity contribution < 1.29 is 17.9 Å². The summed E-state index contributed by atoms with van der Waals surface area (Å²) in [6.07, 6.45) is -3.47. The molecule has 0 aliphatic rings. The highest BCUT2D eigenvalue weighted by Crippen LogP contribution is 2.41. The average Bonchev–Trinajstić information content (AvgIpc) is 2.95. The van der Waals surface area contributed by atoms with Gasteiger partial charge in [-0.15, -0.1) is 0 Å². The van der Waals surface area contributed by atoms with Crippen molar-refractivity contribution in [2.45, 2.75) is 24.4 Å². The Morgan fingerprint density at radius 2 is 1.44 bits per heavy atom. The molecule has 0 aliphatic carbocycles. The van der Waals surface area contributed by atoms with Crippen molar-refractivity contribution in [2.75, 3.05) is 32.1 Å². The molecule has 39 heavy (non-hydrogen) atoms. The van der Waals surface area contributed by atoms with Crippen LogP contribution in [0.15, 0.2) is 103 Å².